The topological polar surface area (TPSA) is 623 Å². The molecule has 0 saturated carbocycles. The second-order valence-electron chi connectivity index (χ2n) is 27.8. The average Bonchev–Trinajstić information content (AvgIpc) is 0.816. The summed E-state index contributed by atoms with van der Waals surface area (Å²) in [7, 11) is -17.1. The van der Waals surface area contributed by atoms with Crippen molar-refractivity contribution in [3.63, 3.8) is 0 Å². The first-order valence-electron chi connectivity index (χ1n) is 38.8. The predicted octanol–water partition coefficient (Wildman–Crippen LogP) is -0.642. The molecule has 17 N–H and O–H groups in total. The van der Waals surface area contributed by atoms with E-state index in [0.29, 0.717) is 96.7 Å². The molecule has 21 atom stereocenters. The number of carbonyl (C=O) groups is 3. The average molecular weight is 1760 g/mol. The highest BCUT2D eigenvalue weighted by Crippen LogP contribution is 2.47. The summed E-state index contributed by atoms with van der Waals surface area (Å²) in [6.45, 7) is -0.984. The molecule has 48 heteroatoms. The number of methoxy groups -OCH3 is 1. The van der Waals surface area contributed by atoms with E-state index in [-0.39, 0.29) is 164 Å². The number of nitrogens with one attached hydrogen (secondary N) is 3. The quantitative estimate of drug-likeness (QED) is 0.0266. The molecular formula is C67H131N3O41P4. The van der Waals surface area contributed by atoms with Crippen LogP contribution in [0, 0.1) is 11.3 Å². The van der Waals surface area contributed by atoms with E-state index in [4.69, 9.17) is 93.0 Å². The Morgan fingerprint density at radius 1 is 0.339 bits per heavy atom. The van der Waals surface area contributed by atoms with Crippen molar-refractivity contribution in [1.29, 1.82) is 0 Å². The van der Waals surface area contributed by atoms with Gasteiger partial charge in [0.2, 0.25) is 17.7 Å². The molecule has 3 amide bonds. The van der Waals surface area contributed by atoms with Crippen LogP contribution in [0.5, 0.6) is 0 Å². The maximum Gasteiger partial charge on any atom is 0.472 e. The Morgan fingerprint density at radius 2 is 0.591 bits per heavy atom. The Kier molecular flexibility index (Phi) is 56.4. The molecule has 3 rings (SSSR count). The van der Waals surface area contributed by atoms with E-state index >= 15 is 0 Å². The number of rotatable bonds is 71. The van der Waals surface area contributed by atoms with Crippen molar-refractivity contribution in [2.75, 3.05) is 179 Å². The molecule has 3 heterocycles. The molecule has 680 valence electrons. The van der Waals surface area contributed by atoms with Crippen molar-refractivity contribution >= 4 is 49.0 Å². The minimum Gasteiger partial charge on any atom is -0.396 e. The van der Waals surface area contributed by atoms with Gasteiger partial charge in [-0.25, -0.2) is 18.3 Å². The van der Waals surface area contributed by atoms with Gasteiger partial charge >= 0.3 is 31.3 Å². The standard InChI is InChI=1S/C67H131N3O41P4/c1-48(75)68-55-61(81)58(78)52(39-72)109-64(55)98-28-11-5-8-14-31-101-112(84,85)104-35-19-25-95-44-67(47-108-115(90,91)107-34-18-24-94-43-51(38-71)42-93-23-17-22-92-4,45-96-26-20-36-105-113(86,87)102-32-15-9-6-12-29-99-65-56(69-49(2)76)62(82)59(79)53(40-73)110-65)46-97-27-21-37-106-114(88,89)103-33-16-10-7-13-30-100-66-57(70-50(3)77)63(83)60(80)54(41-74)111-66/h51-66,71-74,78-83H,5-47H2,1-4H3,(H,68,75)(H,69,76)(H,70,77)(H,84,85)(H,86,87)(H,88,89)(H,90,91)/t51?,52?,53?,54?,55-,56?,57?,58-,59-,60-,61?,62+,63?,64+,65+,66+,67?/m0/s1. The van der Waals surface area contributed by atoms with Gasteiger partial charge in [-0.1, -0.05) is 38.5 Å². The van der Waals surface area contributed by atoms with Crippen LogP contribution < -0.4 is 16.0 Å². The number of unbranched alkanes of at least 4 members (excludes halogenated alkanes) is 9. The van der Waals surface area contributed by atoms with Crippen LogP contribution in [0.25, 0.3) is 0 Å². The number of aliphatic hydroxyl groups excluding tert-OH is 10. The third-order valence-electron chi connectivity index (χ3n) is 17.6. The normalized spacial score (nSPS) is 26.9. The van der Waals surface area contributed by atoms with Crippen molar-refractivity contribution < 1.29 is 196 Å². The van der Waals surface area contributed by atoms with Gasteiger partial charge < -0.3 is 143 Å². The summed E-state index contributed by atoms with van der Waals surface area (Å²) in [5, 5.41) is 108. The van der Waals surface area contributed by atoms with E-state index in [1.807, 2.05) is 0 Å². The lowest BCUT2D eigenvalue weighted by molar-refractivity contribution is -0.270. The predicted molar refractivity (Wildman–Crippen MR) is 398 cm³/mol. The van der Waals surface area contributed by atoms with Crippen LogP contribution in [0.3, 0.4) is 0 Å². The number of amides is 3. The summed E-state index contributed by atoms with van der Waals surface area (Å²) in [4.78, 5) is 77.7. The van der Waals surface area contributed by atoms with Crippen LogP contribution in [0.2, 0.25) is 0 Å². The number of ether oxygens (including phenoxy) is 12. The summed E-state index contributed by atoms with van der Waals surface area (Å²) >= 11 is 0. The van der Waals surface area contributed by atoms with Gasteiger partial charge in [-0.2, -0.15) is 0 Å². The lowest BCUT2D eigenvalue weighted by Gasteiger charge is -2.42. The third kappa shape index (κ3) is 46.3. The molecular weight excluding hydrogens is 1630 g/mol. The lowest BCUT2D eigenvalue weighted by Crippen LogP contribution is -2.64. The zero-order chi connectivity index (χ0) is 85.1. The second kappa shape index (κ2) is 60.5. The molecule has 0 aromatic carbocycles. The molecule has 0 spiro atoms. The largest absolute Gasteiger partial charge is 0.472 e. The van der Waals surface area contributed by atoms with E-state index in [2.05, 4.69) is 16.0 Å². The maximum absolute atomic E-state index is 13.5. The molecule has 115 heavy (non-hydrogen) atoms. The molecule has 0 bridgehead atoms. The van der Waals surface area contributed by atoms with Gasteiger partial charge in [0.15, 0.2) is 18.9 Å². The van der Waals surface area contributed by atoms with E-state index in [1.165, 1.54) is 20.8 Å². The van der Waals surface area contributed by atoms with Gasteiger partial charge in [0.05, 0.1) is 118 Å². The lowest BCUT2D eigenvalue weighted by atomic mass is 9.92. The van der Waals surface area contributed by atoms with Crippen molar-refractivity contribution in [2.45, 2.75) is 222 Å². The fourth-order valence-electron chi connectivity index (χ4n) is 11.5. The summed E-state index contributed by atoms with van der Waals surface area (Å²) < 4.78 is 162. The summed E-state index contributed by atoms with van der Waals surface area (Å²) in [5.41, 5.74) is -1.52. The monoisotopic (exact) mass is 1760 g/mol. The summed E-state index contributed by atoms with van der Waals surface area (Å²) in [5.74, 6) is -1.87. The molecule has 0 radical (unpaired) electrons. The van der Waals surface area contributed by atoms with Crippen LogP contribution in [-0.4, -0.2) is 359 Å². The number of hydrogen-bond donors (Lipinski definition) is 17. The number of aliphatic hydroxyl groups is 10. The molecule has 0 aromatic heterocycles. The Labute approximate surface area is 671 Å². The Bertz CT molecular complexity index is 2540. The molecule has 13 unspecified atom stereocenters. The van der Waals surface area contributed by atoms with Gasteiger partial charge in [-0.15, -0.1) is 0 Å². The minimum atomic E-state index is -4.91. The van der Waals surface area contributed by atoms with E-state index < -0.39 is 173 Å². The molecule has 3 aliphatic heterocycles. The number of phosphoric acid groups is 4. The first kappa shape index (κ1) is 107. The van der Waals surface area contributed by atoms with Gasteiger partial charge in [0, 0.05) is 93.3 Å². The van der Waals surface area contributed by atoms with E-state index in [9.17, 15) is 103 Å². The van der Waals surface area contributed by atoms with Crippen LogP contribution in [-0.2, 0) is 126 Å². The van der Waals surface area contributed by atoms with E-state index in [1.54, 1.807) is 7.11 Å². The smallest absolute Gasteiger partial charge is 0.396 e. The number of carbonyl (C=O) groups excluding carboxylic acids is 3. The Morgan fingerprint density at radius 3 is 0.852 bits per heavy atom. The van der Waals surface area contributed by atoms with Crippen molar-refractivity contribution in [1.82, 2.24) is 16.0 Å². The van der Waals surface area contributed by atoms with E-state index in [0.717, 1.165) is 0 Å². The van der Waals surface area contributed by atoms with Crippen LogP contribution >= 0.6 is 31.3 Å². The fraction of sp³-hybridized carbons (Fsp3) is 0.955. The first-order valence-corrected chi connectivity index (χ1v) is 44.8. The van der Waals surface area contributed by atoms with Crippen LogP contribution in [0.15, 0.2) is 0 Å². The summed E-state index contributed by atoms with van der Waals surface area (Å²) in [6, 6.07) is -3.32. The fourth-order valence-corrected chi connectivity index (χ4v) is 14.7. The minimum absolute atomic E-state index is 0.0130. The zero-order valence-corrected chi connectivity index (χ0v) is 69.8. The van der Waals surface area contributed by atoms with Crippen molar-refractivity contribution in [2.24, 2.45) is 11.3 Å². The Balaban J connectivity index is 1.63. The highest BCUT2D eigenvalue weighted by molar-refractivity contribution is 7.48. The number of phosphoric ester groups is 4. The zero-order valence-electron chi connectivity index (χ0n) is 66.2. The third-order valence-corrected chi connectivity index (χ3v) is 21.6. The molecule has 0 aliphatic carbocycles. The molecule has 44 nitrogen and oxygen atoms in total. The van der Waals surface area contributed by atoms with Crippen LogP contribution in [0.1, 0.15) is 130 Å². The second-order valence-corrected chi connectivity index (χ2v) is 33.6. The maximum atomic E-state index is 13.5. The van der Waals surface area contributed by atoms with Crippen molar-refractivity contribution in [3.8, 4) is 0 Å². The van der Waals surface area contributed by atoms with Gasteiger partial charge in [-0.05, 0) is 70.6 Å². The molecule has 3 fully saturated rings. The summed E-state index contributed by atoms with van der Waals surface area (Å²) in [6.07, 6.45) is -9.56. The molecule has 3 aliphatic rings. The number of hydrogen-bond acceptors (Lipinski definition) is 37. The van der Waals surface area contributed by atoms with Crippen molar-refractivity contribution in [3.05, 3.63) is 0 Å². The first-order chi connectivity index (χ1) is 54.8. The van der Waals surface area contributed by atoms with Crippen LogP contribution in [0.4, 0.5) is 0 Å². The SMILES string of the molecule is COCCCOCC(CO)COCCCOP(=O)(O)OCC(COCCCOP(=O)(O)OCCCCCCO[C@@H]1OC(CO)[C@H](O)C(O)C1NC(C)=O)(COCCCOP(=O)(O)OCCCCCCO[C@@H]1OC(CO)[C@H](O)[C@H](O)C1NC(C)=O)COCCCOP(=O)(O)OCCCCCCO[C@@H]1OC(CO)[C@H](O)C(O)[C@@H]1NC(C)=O. The highest BCUT2D eigenvalue weighted by Gasteiger charge is 2.48. The van der Waals surface area contributed by atoms with Gasteiger partial charge in [0.1, 0.15) is 73.1 Å². The highest BCUT2D eigenvalue weighted by atomic mass is 31.2. The molecule has 3 saturated heterocycles. The van der Waals surface area contributed by atoms with Gasteiger partial charge in [0.25, 0.3) is 0 Å². The molecule has 0 aromatic rings. The Hall–Kier alpha value is -2.03. The van der Waals surface area contributed by atoms with Gasteiger partial charge in [-0.3, -0.25) is 50.6 Å².